The van der Waals surface area contributed by atoms with Crippen molar-refractivity contribution in [2.45, 2.75) is 26.7 Å². The molecular formula is C19H20N4O4. The highest BCUT2D eigenvalue weighted by Gasteiger charge is 2.11. The predicted molar refractivity (Wildman–Crippen MR) is 103 cm³/mol. The molecule has 0 radical (unpaired) electrons. The van der Waals surface area contributed by atoms with Gasteiger partial charge in [0.2, 0.25) is 11.8 Å². The number of aryl methyl sites for hydroxylation is 2. The van der Waals surface area contributed by atoms with Crippen LogP contribution in [0.25, 0.3) is 0 Å². The van der Waals surface area contributed by atoms with Crippen molar-refractivity contribution in [3.05, 3.63) is 69.3 Å². The van der Waals surface area contributed by atoms with Gasteiger partial charge in [-0.25, -0.2) is 5.43 Å². The molecule has 0 aliphatic heterocycles. The standard InChI is InChI=1S/C19H20N4O4/c1-13-7-8-14(2)16(11-13)21-18(24)9-10-19(25)22-20-12-15-5-3-4-6-17(15)23(26)27/h3-8,11-12H,9-10H2,1-2H3,(H,21,24)(H,22,25)/b20-12+. The first kappa shape index (κ1) is 19.8. The molecule has 8 heteroatoms. The van der Waals surface area contributed by atoms with E-state index in [-0.39, 0.29) is 30.0 Å². The molecule has 0 bridgehead atoms. The molecule has 2 aromatic carbocycles. The van der Waals surface area contributed by atoms with Crippen molar-refractivity contribution in [2.24, 2.45) is 5.10 Å². The Morgan fingerprint density at radius 3 is 2.56 bits per heavy atom. The first-order valence-electron chi connectivity index (χ1n) is 8.29. The third-order valence-corrected chi connectivity index (χ3v) is 3.77. The fourth-order valence-electron chi connectivity index (χ4n) is 2.30. The van der Waals surface area contributed by atoms with Crippen LogP contribution in [-0.2, 0) is 9.59 Å². The van der Waals surface area contributed by atoms with Crippen LogP contribution in [0.4, 0.5) is 11.4 Å². The lowest BCUT2D eigenvalue weighted by Crippen LogP contribution is -2.21. The summed E-state index contributed by atoms with van der Waals surface area (Å²) in [6.07, 6.45) is 1.15. The van der Waals surface area contributed by atoms with Crippen molar-refractivity contribution in [3.8, 4) is 0 Å². The van der Waals surface area contributed by atoms with E-state index in [4.69, 9.17) is 0 Å². The Kier molecular flexibility index (Phi) is 6.76. The number of nitrogens with one attached hydrogen (secondary N) is 2. The maximum atomic E-state index is 12.0. The van der Waals surface area contributed by atoms with Gasteiger partial charge in [0.15, 0.2) is 0 Å². The van der Waals surface area contributed by atoms with Gasteiger partial charge in [-0.3, -0.25) is 19.7 Å². The molecular weight excluding hydrogens is 348 g/mol. The molecule has 8 nitrogen and oxygen atoms in total. The normalized spacial score (nSPS) is 10.6. The van der Waals surface area contributed by atoms with Crippen molar-refractivity contribution < 1.29 is 14.5 Å². The van der Waals surface area contributed by atoms with Crippen LogP contribution in [0.5, 0.6) is 0 Å². The smallest absolute Gasteiger partial charge is 0.278 e. The van der Waals surface area contributed by atoms with E-state index in [1.807, 2.05) is 32.0 Å². The van der Waals surface area contributed by atoms with Gasteiger partial charge in [0, 0.05) is 24.6 Å². The molecule has 0 fully saturated rings. The lowest BCUT2D eigenvalue weighted by molar-refractivity contribution is -0.385. The Morgan fingerprint density at radius 2 is 1.81 bits per heavy atom. The van der Waals surface area contributed by atoms with E-state index in [0.717, 1.165) is 16.8 Å². The van der Waals surface area contributed by atoms with Crippen LogP contribution in [0.3, 0.4) is 0 Å². The summed E-state index contributed by atoms with van der Waals surface area (Å²) in [7, 11) is 0. The first-order chi connectivity index (χ1) is 12.9. The number of nitro groups is 1. The van der Waals surface area contributed by atoms with Crippen molar-refractivity contribution in [3.63, 3.8) is 0 Å². The summed E-state index contributed by atoms with van der Waals surface area (Å²) >= 11 is 0. The minimum Gasteiger partial charge on any atom is -0.326 e. The third-order valence-electron chi connectivity index (χ3n) is 3.77. The molecule has 0 heterocycles. The average molecular weight is 368 g/mol. The molecule has 0 saturated heterocycles. The highest BCUT2D eigenvalue weighted by molar-refractivity contribution is 5.94. The topological polar surface area (TPSA) is 114 Å². The predicted octanol–water partition coefficient (Wildman–Crippen LogP) is 3.08. The van der Waals surface area contributed by atoms with Crippen LogP contribution >= 0.6 is 0 Å². The number of carbonyl (C=O) groups is 2. The highest BCUT2D eigenvalue weighted by atomic mass is 16.6. The Morgan fingerprint density at radius 1 is 1.11 bits per heavy atom. The number of hydrogen-bond donors (Lipinski definition) is 2. The third kappa shape index (κ3) is 6.03. The fourth-order valence-corrected chi connectivity index (χ4v) is 2.30. The Labute approximate surface area is 156 Å². The monoisotopic (exact) mass is 368 g/mol. The number of anilines is 1. The van der Waals surface area contributed by atoms with Crippen LogP contribution in [0.15, 0.2) is 47.6 Å². The zero-order valence-electron chi connectivity index (χ0n) is 15.1. The van der Waals surface area contributed by atoms with Gasteiger partial charge < -0.3 is 5.32 Å². The molecule has 2 N–H and O–H groups in total. The quantitative estimate of drug-likeness (QED) is 0.444. The molecule has 0 aliphatic carbocycles. The number of amides is 2. The van der Waals surface area contributed by atoms with Gasteiger partial charge in [0.1, 0.15) is 0 Å². The maximum absolute atomic E-state index is 12.0. The van der Waals surface area contributed by atoms with E-state index >= 15 is 0 Å². The summed E-state index contributed by atoms with van der Waals surface area (Å²) in [6.45, 7) is 3.82. The van der Waals surface area contributed by atoms with Gasteiger partial charge in [-0.1, -0.05) is 24.3 Å². The minimum absolute atomic E-state index is 0.000218. The maximum Gasteiger partial charge on any atom is 0.278 e. The number of hydrogen-bond acceptors (Lipinski definition) is 5. The summed E-state index contributed by atoms with van der Waals surface area (Å²) in [6, 6.07) is 11.8. The van der Waals surface area contributed by atoms with Crippen molar-refractivity contribution in [2.75, 3.05) is 5.32 Å². The molecule has 2 aromatic rings. The van der Waals surface area contributed by atoms with Gasteiger partial charge in [0.05, 0.1) is 16.7 Å². The molecule has 0 aromatic heterocycles. The fraction of sp³-hybridized carbons (Fsp3) is 0.211. The molecule has 2 rings (SSSR count). The number of rotatable bonds is 7. The van der Waals surface area contributed by atoms with Crippen molar-refractivity contribution in [1.82, 2.24) is 5.43 Å². The summed E-state index contributed by atoms with van der Waals surface area (Å²) in [5, 5.41) is 17.4. The molecule has 0 saturated carbocycles. The summed E-state index contributed by atoms with van der Waals surface area (Å²) in [5.74, 6) is -0.734. The number of hydrazone groups is 1. The lowest BCUT2D eigenvalue weighted by Gasteiger charge is -2.09. The van der Waals surface area contributed by atoms with E-state index in [9.17, 15) is 19.7 Å². The van der Waals surface area contributed by atoms with Crippen LogP contribution in [0, 0.1) is 24.0 Å². The molecule has 0 unspecified atom stereocenters. The number of nitrogens with zero attached hydrogens (tertiary/aromatic N) is 2. The van der Waals surface area contributed by atoms with E-state index in [2.05, 4.69) is 15.8 Å². The zero-order valence-corrected chi connectivity index (χ0v) is 15.1. The second-order valence-corrected chi connectivity index (χ2v) is 5.98. The van der Waals surface area contributed by atoms with E-state index in [1.54, 1.807) is 12.1 Å². The van der Waals surface area contributed by atoms with Crippen molar-refractivity contribution >= 4 is 29.4 Å². The number of benzene rings is 2. The Bertz CT molecular complexity index is 893. The largest absolute Gasteiger partial charge is 0.326 e. The second kappa shape index (κ2) is 9.23. The number of carbonyl (C=O) groups excluding carboxylic acids is 2. The Hall–Kier alpha value is -3.55. The van der Waals surface area contributed by atoms with Crippen LogP contribution in [0.2, 0.25) is 0 Å². The molecule has 0 atom stereocenters. The average Bonchev–Trinajstić information content (AvgIpc) is 2.63. The summed E-state index contributed by atoms with van der Waals surface area (Å²) in [5.41, 5.74) is 5.11. The van der Waals surface area contributed by atoms with Crippen LogP contribution < -0.4 is 10.7 Å². The van der Waals surface area contributed by atoms with Crippen LogP contribution in [-0.4, -0.2) is 23.0 Å². The van der Waals surface area contributed by atoms with Gasteiger partial charge in [-0.15, -0.1) is 0 Å². The summed E-state index contributed by atoms with van der Waals surface area (Å²) in [4.78, 5) is 34.2. The summed E-state index contributed by atoms with van der Waals surface area (Å²) < 4.78 is 0. The molecule has 2 amide bonds. The minimum atomic E-state index is -0.527. The SMILES string of the molecule is Cc1ccc(C)c(NC(=O)CCC(=O)N/N=C/c2ccccc2[N+](=O)[O-])c1. The first-order valence-corrected chi connectivity index (χ1v) is 8.29. The molecule has 0 aliphatic rings. The second-order valence-electron chi connectivity index (χ2n) is 5.98. The molecule has 0 spiro atoms. The van der Waals surface area contributed by atoms with E-state index in [1.165, 1.54) is 18.3 Å². The van der Waals surface area contributed by atoms with Gasteiger partial charge in [-0.2, -0.15) is 5.10 Å². The zero-order chi connectivity index (χ0) is 19.8. The number of nitro benzene ring substituents is 1. The molecule has 27 heavy (non-hydrogen) atoms. The van der Waals surface area contributed by atoms with Crippen LogP contribution in [0.1, 0.15) is 29.5 Å². The van der Waals surface area contributed by atoms with E-state index < -0.39 is 10.8 Å². The van der Waals surface area contributed by atoms with Gasteiger partial charge in [0.25, 0.3) is 5.69 Å². The Balaban J connectivity index is 1.83. The van der Waals surface area contributed by atoms with Gasteiger partial charge >= 0.3 is 0 Å². The highest BCUT2D eigenvalue weighted by Crippen LogP contribution is 2.17. The van der Waals surface area contributed by atoms with Gasteiger partial charge in [-0.05, 0) is 37.1 Å². The lowest BCUT2D eigenvalue weighted by atomic mass is 10.1. The van der Waals surface area contributed by atoms with E-state index in [0.29, 0.717) is 0 Å². The molecule has 140 valence electrons. The van der Waals surface area contributed by atoms with Crippen molar-refractivity contribution in [1.29, 1.82) is 0 Å². The number of para-hydroxylation sites is 1.